The van der Waals surface area contributed by atoms with E-state index >= 15 is 0 Å². The van der Waals surface area contributed by atoms with E-state index in [0.717, 1.165) is 57.9 Å². The Hall–Kier alpha value is -2.23. The summed E-state index contributed by atoms with van der Waals surface area (Å²) >= 11 is 0. The van der Waals surface area contributed by atoms with Crippen molar-refractivity contribution in [2.45, 2.75) is 40.0 Å². The van der Waals surface area contributed by atoms with Gasteiger partial charge in [-0.05, 0) is 25.8 Å². The fraction of sp³-hybridized carbons (Fsp3) is 0.389. The van der Waals surface area contributed by atoms with E-state index in [4.69, 9.17) is 4.74 Å². The fourth-order valence-corrected chi connectivity index (χ4v) is 3.28. The topological polar surface area (TPSA) is 58.1 Å². The molecule has 4 heteroatoms. The Labute approximate surface area is 130 Å². The highest BCUT2D eigenvalue weighted by Gasteiger charge is 2.20. The second-order valence-corrected chi connectivity index (χ2v) is 5.66. The number of aromatic nitrogens is 2. The van der Waals surface area contributed by atoms with Gasteiger partial charge in [-0.15, -0.1) is 0 Å². The molecular weight excluding hydrogens is 276 g/mol. The number of phenolic OH excluding ortho intramolecular Hbond substituents is 1. The van der Waals surface area contributed by atoms with E-state index in [0.29, 0.717) is 11.6 Å². The number of hydrogen-bond donors (Lipinski definition) is 2. The number of H-pyrrole nitrogens is 1. The van der Waals surface area contributed by atoms with Gasteiger partial charge in [0.25, 0.3) is 0 Å². The van der Waals surface area contributed by atoms with Crippen molar-refractivity contribution in [3.05, 3.63) is 29.1 Å². The Morgan fingerprint density at radius 2 is 2.00 bits per heavy atom. The molecule has 0 saturated carbocycles. The van der Waals surface area contributed by atoms with Crippen molar-refractivity contribution in [2.75, 3.05) is 7.11 Å². The smallest absolute Gasteiger partial charge is 0.213 e. The molecule has 116 valence electrons. The minimum absolute atomic E-state index is 0.393. The van der Waals surface area contributed by atoms with Crippen LogP contribution in [0.25, 0.3) is 21.7 Å². The van der Waals surface area contributed by atoms with Crippen LogP contribution in [0.1, 0.15) is 37.2 Å². The highest BCUT2D eigenvalue weighted by molar-refractivity contribution is 6.12. The lowest BCUT2D eigenvalue weighted by Crippen LogP contribution is -1.94. The van der Waals surface area contributed by atoms with Gasteiger partial charge in [0.2, 0.25) is 5.88 Å². The van der Waals surface area contributed by atoms with E-state index in [-0.39, 0.29) is 0 Å². The Morgan fingerprint density at radius 3 is 2.64 bits per heavy atom. The predicted octanol–water partition coefficient (Wildman–Crippen LogP) is 4.25. The van der Waals surface area contributed by atoms with E-state index in [2.05, 4.69) is 23.8 Å². The third-order valence-corrected chi connectivity index (χ3v) is 4.28. The Balaban J connectivity index is 2.54. The number of methoxy groups -OCH3 is 1. The number of aromatic hydroxyl groups is 1. The zero-order chi connectivity index (χ0) is 15.9. The van der Waals surface area contributed by atoms with Crippen LogP contribution in [0.15, 0.2) is 12.1 Å². The third kappa shape index (κ3) is 2.02. The predicted molar refractivity (Wildman–Crippen MR) is 89.9 cm³/mol. The van der Waals surface area contributed by atoms with Crippen LogP contribution < -0.4 is 4.74 Å². The normalized spacial score (nSPS) is 11.5. The number of benzene rings is 1. The maximum Gasteiger partial charge on any atom is 0.213 e. The first-order valence-corrected chi connectivity index (χ1v) is 7.82. The van der Waals surface area contributed by atoms with Gasteiger partial charge < -0.3 is 14.8 Å². The summed E-state index contributed by atoms with van der Waals surface area (Å²) in [7, 11) is 1.63. The molecule has 2 heterocycles. The first-order chi connectivity index (χ1) is 10.6. The van der Waals surface area contributed by atoms with Crippen molar-refractivity contribution in [1.29, 1.82) is 0 Å². The van der Waals surface area contributed by atoms with Crippen molar-refractivity contribution >= 4 is 21.7 Å². The second-order valence-electron chi connectivity index (χ2n) is 5.66. The van der Waals surface area contributed by atoms with Crippen LogP contribution in [0.4, 0.5) is 0 Å². The molecule has 0 aliphatic heterocycles. The lowest BCUT2D eigenvalue weighted by molar-refractivity contribution is 0.399. The molecule has 1 aromatic carbocycles. The highest BCUT2D eigenvalue weighted by atomic mass is 16.5. The number of aryl methyl sites for hydroxylation is 3. The first kappa shape index (κ1) is 14.7. The molecule has 0 aliphatic rings. The van der Waals surface area contributed by atoms with Crippen LogP contribution in [0.2, 0.25) is 0 Å². The third-order valence-electron chi connectivity index (χ3n) is 4.28. The van der Waals surface area contributed by atoms with Crippen LogP contribution in [0.3, 0.4) is 0 Å². The summed E-state index contributed by atoms with van der Waals surface area (Å²) in [6.45, 7) is 6.23. The molecular formula is C18H22N2O2. The second kappa shape index (κ2) is 5.52. The Bertz CT molecular complexity index is 850. The van der Waals surface area contributed by atoms with Gasteiger partial charge in [-0.1, -0.05) is 20.3 Å². The van der Waals surface area contributed by atoms with Gasteiger partial charge in [-0.2, -0.15) is 0 Å². The van der Waals surface area contributed by atoms with Gasteiger partial charge in [-0.25, -0.2) is 4.98 Å². The summed E-state index contributed by atoms with van der Waals surface area (Å²) < 4.78 is 5.30. The van der Waals surface area contributed by atoms with Gasteiger partial charge in [0.1, 0.15) is 5.75 Å². The van der Waals surface area contributed by atoms with E-state index < -0.39 is 0 Å². The number of pyridine rings is 1. The van der Waals surface area contributed by atoms with Crippen LogP contribution in [-0.2, 0) is 12.8 Å². The van der Waals surface area contributed by atoms with Crippen LogP contribution in [0.5, 0.6) is 11.6 Å². The lowest BCUT2D eigenvalue weighted by Gasteiger charge is -2.12. The summed E-state index contributed by atoms with van der Waals surface area (Å²) in [5.41, 5.74) is 3.99. The van der Waals surface area contributed by atoms with Crippen LogP contribution >= 0.6 is 0 Å². The first-order valence-electron chi connectivity index (χ1n) is 7.82. The number of ether oxygens (including phenoxy) is 1. The fourth-order valence-electron chi connectivity index (χ4n) is 3.28. The number of nitrogens with zero attached hydrogens (tertiary/aromatic N) is 1. The molecule has 0 unspecified atom stereocenters. The van der Waals surface area contributed by atoms with Crippen molar-refractivity contribution in [3.8, 4) is 11.6 Å². The van der Waals surface area contributed by atoms with Crippen LogP contribution in [0, 0.1) is 6.92 Å². The van der Waals surface area contributed by atoms with E-state index in [9.17, 15) is 5.11 Å². The van der Waals surface area contributed by atoms with Crippen molar-refractivity contribution in [2.24, 2.45) is 0 Å². The molecule has 0 radical (unpaired) electrons. The molecule has 0 bridgehead atoms. The molecule has 22 heavy (non-hydrogen) atoms. The molecule has 2 N–H and O–H groups in total. The maximum absolute atomic E-state index is 10.8. The SMILES string of the molecule is CCCc1c(O)c2c(C)[nH]c(CC)c2c2nc(OC)ccc12. The summed E-state index contributed by atoms with van der Waals surface area (Å²) in [4.78, 5) is 8.08. The summed E-state index contributed by atoms with van der Waals surface area (Å²) in [5, 5.41) is 13.7. The Morgan fingerprint density at radius 1 is 1.23 bits per heavy atom. The minimum atomic E-state index is 0.393. The van der Waals surface area contributed by atoms with Crippen molar-refractivity contribution in [1.82, 2.24) is 9.97 Å². The number of fused-ring (bicyclic) bond motifs is 3. The maximum atomic E-state index is 10.8. The molecule has 0 fully saturated rings. The highest BCUT2D eigenvalue weighted by Crippen LogP contribution is 2.41. The molecule has 0 aliphatic carbocycles. The van der Waals surface area contributed by atoms with E-state index in [1.807, 2.05) is 19.1 Å². The molecule has 0 spiro atoms. The van der Waals surface area contributed by atoms with Crippen molar-refractivity contribution < 1.29 is 9.84 Å². The largest absolute Gasteiger partial charge is 0.507 e. The van der Waals surface area contributed by atoms with Gasteiger partial charge in [0, 0.05) is 39.2 Å². The number of aromatic amines is 1. The van der Waals surface area contributed by atoms with Crippen LogP contribution in [-0.4, -0.2) is 22.2 Å². The van der Waals surface area contributed by atoms with Gasteiger partial charge in [0.15, 0.2) is 0 Å². The zero-order valence-electron chi connectivity index (χ0n) is 13.6. The summed E-state index contributed by atoms with van der Waals surface area (Å²) in [6.07, 6.45) is 2.67. The molecule has 4 nitrogen and oxygen atoms in total. The average Bonchev–Trinajstić information content (AvgIpc) is 2.88. The van der Waals surface area contributed by atoms with Gasteiger partial charge >= 0.3 is 0 Å². The monoisotopic (exact) mass is 298 g/mol. The molecule has 3 aromatic rings. The zero-order valence-corrected chi connectivity index (χ0v) is 13.6. The molecule has 0 atom stereocenters. The quantitative estimate of drug-likeness (QED) is 0.757. The number of hydrogen-bond acceptors (Lipinski definition) is 3. The molecule has 0 amide bonds. The summed E-state index contributed by atoms with van der Waals surface area (Å²) in [6, 6.07) is 3.87. The molecule has 3 rings (SSSR count). The van der Waals surface area contributed by atoms with E-state index in [1.165, 1.54) is 0 Å². The number of nitrogens with one attached hydrogen (secondary N) is 1. The Kier molecular flexibility index (Phi) is 3.69. The standard InChI is InChI=1S/C18H22N2O2/c1-5-7-12-11-8-9-14(22-4)20-17(11)16-13(6-2)19-10(3)15(16)18(12)21/h8-9,19,21H,5-7H2,1-4H3. The molecule has 2 aromatic heterocycles. The number of rotatable bonds is 4. The average molecular weight is 298 g/mol. The molecule has 0 saturated heterocycles. The van der Waals surface area contributed by atoms with E-state index in [1.54, 1.807) is 7.11 Å². The number of phenols is 1. The van der Waals surface area contributed by atoms with Gasteiger partial charge in [0.05, 0.1) is 12.6 Å². The minimum Gasteiger partial charge on any atom is -0.507 e. The van der Waals surface area contributed by atoms with Gasteiger partial charge in [-0.3, -0.25) is 0 Å². The summed E-state index contributed by atoms with van der Waals surface area (Å²) in [5.74, 6) is 0.993. The van der Waals surface area contributed by atoms with Crippen molar-refractivity contribution in [3.63, 3.8) is 0 Å². The lowest BCUT2D eigenvalue weighted by atomic mass is 9.96.